The van der Waals surface area contributed by atoms with Gasteiger partial charge in [0.2, 0.25) is 0 Å². The van der Waals surface area contributed by atoms with Crippen molar-refractivity contribution in [1.29, 1.82) is 0 Å². The molecule has 2 rings (SSSR count). The maximum Gasteiger partial charge on any atom is 0.340 e. The molecule has 0 aliphatic carbocycles. The molecule has 0 aliphatic rings. The zero-order valence-corrected chi connectivity index (χ0v) is 13.3. The van der Waals surface area contributed by atoms with E-state index in [4.69, 9.17) is 4.74 Å². The lowest BCUT2D eigenvalue weighted by Gasteiger charge is -2.10. The van der Waals surface area contributed by atoms with Crippen LogP contribution in [0.5, 0.6) is 0 Å². The molecule has 7 heteroatoms. The molecule has 1 aromatic heterocycles. The van der Waals surface area contributed by atoms with E-state index in [9.17, 15) is 14.4 Å². The first kappa shape index (κ1) is 17.1. The summed E-state index contributed by atoms with van der Waals surface area (Å²) in [6.45, 7) is 3.23. The van der Waals surface area contributed by atoms with Gasteiger partial charge in [-0.05, 0) is 37.6 Å². The van der Waals surface area contributed by atoms with Crippen molar-refractivity contribution >= 4 is 23.6 Å². The molecule has 1 aromatic carbocycles. The summed E-state index contributed by atoms with van der Waals surface area (Å²) in [6, 6.07) is 7.91. The SMILES string of the molecule is Cc1ccc(NC(=O)NC(=O)COC(=O)c2cccnc2)c(C)c1. The van der Waals surface area contributed by atoms with Gasteiger partial charge in [-0.25, -0.2) is 9.59 Å². The third-order valence-electron chi connectivity index (χ3n) is 3.11. The summed E-state index contributed by atoms with van der Waals surface area (Å²) < 4.78 is 4.81. The van der Waals surface area contributed by atoms with E-state index >= 15 is 0 Å². The standard InChI is InChI=1S/C17H17N3O4/c1-11-5-6-14(12(2)8-11)19-17(23)20-15(21)10-24-16(22)13-4-3-7-18-9-13/h3-9H,10H2,1-2H3,(H2,19,20,21,23). The van der Waals surface area contributed by atoms with E-state index in [0.717, 1.165) is 11.1 Å². The fraction of sp³-hybridized carbons (Fsp3) is 0.176. The van der Waals surface area contributed by atoms with Crippen molar-refractivity contribution in [1.82, 2.24) is 10.3 Å². The molecule has 3 amide bonds. The number of esters is 1. The molecule has 0 spiro atoms. The predicted molar refractivity (Wildman–Crippen MR) is 87.6 cm³/mol. The average Bonchev–Trinajstić information content (AvgIpc) is 2.56. The van der Waals surface area contributed by atoms with E-state index in [2.05, 4.69) is 15.6 Å². The summed E-state index contributed by atoms with van der Waals surface area (Å²) in [7, 11) is 0. The molecule has 0 saturated heterocycles. The van der Waals surface area contributed by atoms with E-state index in [1.807, 2.05) is 26.0 Å². The molecule has 0 radical (unpaired) electrons. The van der Waals surface area contributed by atoms with Crippen LogP contribution in [0.25, 0.3) is 0 Å². The Morgan fingerprint density at radius 2 is 1.96 bits per heavy atom. The Labute approximate surface area is 139 Å². The van der Waals surface area contributed by atoms with Gasteiger partial charge in [0.15, 0.2) is 6.61 Å². The number of ether oxygens (including phenoxy) is 1. The minimum absolute atomic E-state index is 0.227. The molecular weight excluding hydrogens is 310 g/mol. The average molecular weight is 327 g/mol. The second kappa shape index (κ2) is 7.87. The number of urea groups is 1. The van der Waals surface area contributed by atoms with Crippen LogP contribution >= 0.6 is 0 Å². The number of amides is 3. The number of aryl methyl sites for hydroxylation is 2. The first-order chi connectivity index (χ1) is 11.5. The highest BCUT2D eigenvalue weighted by atomic mass is 16.5. The topological polar surface area (TPSA) is 97.4 Å². The quantitative estimate of drug-likeness (QED) is 0.839. The van der Waals surface area contributed by atoms with Crippen LogP contribution in [0.1, 0.15) is 21.5 Å². The molecule has 0 aliphatic heterocycles. The number of carbonyl (C=O) groups excluding carboxylic acids is 3. The van der Waals surface area contributed by atoms with Crippen molar-refractivity contribution in [3.05, 3.63) is 59.4 Å². The Bertz CT molecular complexity index is 760. The van der Waals surface area contributed by atoms with Gasteiger partial charge in [-0.3, -0.25) is 15.1 Å². The molecule has 0 saturated carbocycles. The fourth-order valence-corrected chi connectivity index (χ4v) is 1.97. The van der Waals surface area contributed by atoms with E-state index in [-0.39, 0.29) is 5.56 Å². The zero-order valence-electron chi connectivity index (χ0n) is 13.3. The van der Waals surface area contributed by atoms with Crippen LogP contribution in [-0.2, 0) is 9.53 Å². The van der Waals surface area contributed by atoms with Crippen molar-refractivity contribution in [3.63, 3.8) is 0 Å². The maximum absolute atomic E-state index is 11.8. The van der Waals surface area contributed by atoms with Crippen molar-refractivity contribution in [3.8, 4) is 0 Å². The second-order valence-electron chi connectivity index (χ2n) is 5.14. The van der Waals surface area contributed by atoms with Gasteiger partial charge in [0.05, 0.1) is 5.56 Å². The highest BCUT2D eigenvalue weighted by molar-refractivity contribution is 6.02. The molecule has 2 aromatic rings. The Balaban J connectivity index is 1.81. The third kappa shape index (κ3) is 4.91. The highest BCUT2D eigenvalue weighted by Gasteiger charge is 2.13. The molecule has 1 heterocycles. The van der Waals surface area contributed by atoms with Gasteiger partial charge in [0.1, 0.15) is 0 Å². The van der Waals surface area contributed by atoms with E-state index in [1.165, 1.54) is 18.5 Å². The number of pyridine rings is 1. The van der Waals surface area contributed by atoms with E-state index in [0.29, 0.717) is 5.69 Å². The van der Waals surface area contributed by atoms with Crippen molar-refractivity contribution in [2.75, 3.05) is 11.9 Å². The number of imide groups is 1. The Hall–Kier alpha value is -3.22. The number of hydrogen-bond donors (Lipinski definition) is 2. The fourth-order valence-electron chi connectivity index (χ4n) is 1.97. The molecular formula is C17H17N3O4. The number of nitrogens with zero attached hydrogens (tertiary/aromatic N) is 1. The Morgan fingerprint density at radius 3 is 2.62 bits per heavy atom. The number of anilines is 1. The van der Waals surface area contributed by atoms with Crippen LogP contribution in [0.15, 0.2) is 42.7 Å². The maximum atomic E-state index is 11.8. The molecule has 2 N–H and O–H groups in total. The summed E-state index contributed by atoms with van der Waals surface area (Å²) in [5, 5.41) is 4.66. The number of rotatable bonds is 4. The highest BCUT2D eigenvalue weighted by Crippen LogP contribution is 2.15. The van der Waals surface area contributed by atoms with Crippen LogP contribution in [0, 0.1) is 13.8 Å². The van der Waals surface area contributed by atoms with Gasteiger partial charge >= 0.3 is 12.0 Å². The molecule has 0 fully saturated rings. The summed E-state index contributed by atoms with van der Waals surface area (Å²) in [5.74, 6) is -1.41. The summed E-state index contributed by atoms with van der Waals surface area (Å²) in [4.78, 5) is 38.9. The molecule has 0 atom stereocenters. The monoisotopic (exact) mass is 327 g/mol. The van der Waals surface area contributed by atoms with Crippen molar-refractivity contribution in [2.45, 2.75) is 13.8 Å². The molecule has 0 bridgehead atoms. The normalized spacial score (nSPS) is 9.92. The summed E-state index contributed by atoms with van der Waals surface area (Å²) in [5.41, 5.74) is 2.76. The molecule has 24 heavy (non-hydrogen) atoms. The van der Waals surface area contributed by atoms with Crippen LogP contribution in [0.4, 0.5) is 10.5 Å². The smallest absolute Gasteiger partial charge is 0.340 e. The van der Waals surface area contributed by atoms with Gasteiger partial charge in [-0.2, -0.15) is 0 Å². The Morgan fingerprint density at radius 1 is 1.17 bits per heavy atom. The number of aromatic nitrogens is 1. The minimum Gasteiger partial charge on any atom is -0.452 e. The first-order valence-electron chi connectivity index (χ1n) is 7.21. The molecule has 124 valence electrons. The van der Waals surface area contributed by atoms with Crippen LogP contribution in [-0.4, -0.2) is 29.5 Å². The summed E-state index contributed by atoms with van der Waals surface area (Å²) in [6.07, 6.45) is 2.84. The second-order valence-corrected chi connectivity index (χ2v) is 5.14. The number of nitrogens with one attached hydrogen (secondary N) is 2. The number of hydrogen-bond acceptors (Lipinski definition) is 5. The van der Waals surface area contributed by atoms with E-state index < -0.39 is 24.5 Å². The molecule has 7 nitrogen and oxygen atoms in total. The first-order valence-corrected chi connectivity index (χ1v) is 7.21. The Kier molecular flexibility index (Phi) is 5.62. The van der Waals surface area contributed by atoms with E-state index in [1.54, 1.807) is 12.1 Å². The minimum atomic E-state index is -0.727. The van der Waals surface area contributed by atoms with Crippen molar-refractivity contribution < 1.29 is 19.1 Å². The van der Waals surface area contributed by atoms with Gasteiger partial charge in [-0.1, -0.05) is 17.7 Å². The van der Waals surface area contributed by atoms with Crippen LogP contribution < -0.4 is 10.6 Å². The lowest BCUT2D eigenvalue weighted by molar-refractivity contribution is -0.123. The third-order valence-corrected chi connectivity index (χ3v) is 3.11. The molecule has 0 unspecified atom stereocenters. The van der Waals surface area contributed by atoms with Crippen LogP contribution in [0.3, 0.4) is 0 Å². The zero-order chi connectivity index (χ0) is 17.5. The van der Waals surface area contributed by atoms with Gasteiger partial charge in [0, 0.05) is 18.1 Å². The van der Waals surface area contributed by atoms with Gasteiger partial charge in [0.25, 0.3) is 5.91 Å². The lowest BCUT2D eigenvalue weighted by atomic mass is 10.1. The lowest BCUT2D eigenvalue weighted by Crippen LogP contribution is -2.37. The van der Waals surface area contributed by atoms with Crippen LogP contribution in [0.2, 0.25) is 0 Å². The predicted octanol–water partition coefficient (Wildman–Crippen LogP) is 2.20. The van der Waals surface area contributed by atoms with Crippen molar-refractivity contribution in [2.24, 2.45) is 0 Å². The van der Waals surface area contributed by atoms with Gasteiger partial charge in [-0.15, -0.1) is 0 Å². The van der Waals surface area contributed by atoms with Gasteiger partial charge < -0.3 is 10.1 Å². The number of carbonyl (C=O) groups is 3. The summed E-state index contributed by atoms with van der Waals surface area (Å²) >= 11 is 0. The largest absolute Gasteiger partial charge is 0.452 e. The number of benzene rings is 1.